The smallest absolute Gasteiger partial charge is 0.356 e. The Morgan fingerprint density at radius 2 is 1.79 bits per heavy atom. The number of ether oxygens (including phenoxy) is 1. The van der Waals surface area contributed by atoms with Gasteiger partial charge in [-0.2, -0.15) is 5.10 Å². The Kier molecular flexibility index (Phi) is 4.57. The van der Waals surface area contributed by atoms with Crippen LogP contribution in [0.3, 0.4) is 0 Å². The summed E-state index contributed by atoms with van der Waals surface area (Å²) < 4.78 is 6.80. The summed E-state index contributed by atoms with van der Waals surface area (Å²) in [5.41, 5.74) is 2.41. The second-order valence-electron chi connectivity index (χ2n) is 5.06. The molecule has 3 rings (SSSR count). The van der Waals surface area contributed by atoms with Gasteiger partial charge in [0.05, 0.1) is 18.5 Å². The molecule has 0 saturated heterocycles. The van der Waals surface area contributed by atoms with Gasteiger partial charge in [0.2, 0.25) is 0 Å². The van der Waals surface area contributed by atoms with Crippen molar-refractivity contribution in [3.63, 3.8) is 0 Å². The van der Waals surface area contributed by atoms with Crippen molar-refractivity contribution in [3.05, 3.63) is 60.3 Å². The first-order valence-electron chi connectivity index (χ1n) is 7.24. The molecule has 0 atom stereocenters. The van der Waals surface area contributed by atoms with Crippen LogP contribution >= 0.6 is 11.8 Å². The minimum atomic E-state index is -1.05. The van der Waals surface area contributed by atoms with Crippen molar-refractivity contribution in [1.82, 2.24) is 9.78 Å². The molecular formula is C18H16N2O3S. The Balaban J connectivity index is 2.10. The molecule has 24 heavy (non-hydrogen) atoms. The van der Waals surface area contributed by atoms with Crippen molar-refractivity contribution >= 4 is 17.7 Å². The highest BCUT2D eigenvalue weighted by Crippen LogP contribution is 2.27. The molecule has 1 aromatic heterocycles. The Bertz CT molecular complexity index is 790. The third-order valence-corrected chi connectivity index (χ3v) is 4.37. The van der Waals surface area contributed by atoms with Gasteiger partial charge in [0.25, 0.3) is 0 Å². The van der Waals surface area contributed by atoms with Gasteiger partial charge in [-0.15, -0.1) is 11.8 Å². The fourth-order valence-electron chi connectivity index (χ4n) is 2.37. The maximum absolute atomic E-state index is 11.3. The van der Waals surface area contributed by atoms with E-state index in [-0.39, 0.29) is 5.69 Å². The zero-order valence-corrected chi connectivity index (χ0v) is 14.1. The molecule has 0 bridgehead atoms. The lowest BCUT2D eigenvalue weighted by Gasteiger charge is -2.09. The number of methoxy groups -OCH3 is 1. The maximum Gasteiger partial charge on any atom is 0.356 e. The Hall–Kier alpha value is -2.73. The van der Waals surface area contributed by atoms with Crippen molar-refractivity contribution in [2.45, 2.75) is 4.90 Å². The molecule has 0 unspecified atom stereocenters. The van der Waals surface area contributed by atoms with Crippen LogP contribution in [-0.4, -0.2) is 34.2 Å². The number of carbonyl (C=O) groups is 1. The molecule has 1 N–H and O–H groups in total. The van der Waals surface area contributed by atoms with Gasteiger partial charge < -0.3 is 9.84 Å². The average molecular weight is 340 g/mol. The monoisotopic (exact) mass is 340 g/mol. The summed E-state index contributed by atoms with van der Waals surface area (Å²) in [6.07, 6.45) is 2.01. The quantitative estimate of drug-likeness (QED) is 0.712. The van der Waals surface area contributed by atoms with Crippen LogP contribution in [0.1, 0.15) is 10.5 Å². The summed E-state index contributed by atoms with van der Waals surface area (Å²) in [5.74, 6) is -0.320. The number of aromatic nitrogens is 2. The average Bonchev–Trinajstić information content (AvgIpc) is 3.07. The number of benzene rings is 2. The molecule has 0 aliphatic carbocycles. The second-order valence-corrected chi connectivity index (χ2v) is 5.94. The summed E-state index contributed by atoms with van der Waals surface area (Å²) in [6.45, 7) is 0. The van der Waals surface area contributed by atoms with Gasteiger partial charge in [-0.25, -0.2) is 9.48 Å². The molecule has 2 aromatic carbocycles. The van der Waals surface area contributed by atoms with Gasteiger partial charge in [-0.1, -0.05) is 12.1 Å². The van der Waals surface area contributed by atoms with Crippen LogP contribution in [0.15, 0.2) is 59.5 Å². The van der Waals surface area contributed by atoms with E-state index in [0.29, 0.717) is 0 Å². The topological polar surface area (TPSA) is 64.4 Å². The summed E-state index contributed by atoms with van der Waals surface area (Å²) >= 11 is 1.66. The van der Waals surface area contributed by atoms with Gasteiger partial charge >= 0.3 is 5.97 Å². The first-order valence-corrected chi connectivity index (χ1v) is 8.47. The normalized spacial score (nSPS) is 10.6. The maximum atomic E-state index is 11.3. The molecule has 0 saturated carbocycles. The largest absolute Gasteiger partial charge is 0.497 e. The van der Waals surface area contributed by atoms with Crippen LogP contribution < -0.4 is 4.74 Å². The van der Waals surface area contributed by atoms with Crippen molar-refractivity contribution < 1.29 is 14.6 Å². The van der Waals surface area contributed by atoms with Crippen molar-refractivity contribution in [2.75, 3.05) is 13.4 Å². The standard InChI is InChI=1S/C18H16N2O3S/c1-23-14-7-5-13(6-8-14)20-17(11-16(19-20)18(21)22)12-3-9-15(24-2)10-4-12/h3-11H,1-2H3,(H,21,22). The van der Waals surface area contributed by atoms with Crippen molar-refractivity contribution in [2.24, 2.45) is 0 Å². The fraction of sp³-hybridized carbons (Fsp3) is 0.111. The number of hydrogen-bond donors (Lipinski definition) is 1. The Labute approximate surface area is 143 Å². The zero-order valence-electron chi connectivity index (χ0n) is 13.3. The molecule has 0 fully saturated rings. The third kappa shape index (κ3) is 3.14. The van der Waals surface area contributed by atoms with Crippen LogP contribution in [0.4, 0.5) is 0 Å². The molecular weight excluding hydrogens is 324 g/mol. The number of nitrogens with zero attached hydrogens (tertiary/aromatic N) is 2. The molecule has 5 nitrogen and oxygen atoms in total. The first-order chi connectivity index (χ1) is 11.6. The van der Waals surface area contributed by atoms with E-state index in [4.69, 9.17) is 4.74 Å². The first kappa shape index (κ1) is 16.1. The van der Waals surface area contributed by atoms with E-state index in [1.54, 1.807) is 29.6 Å². The van der Waals surface area contributed by atoms with E-state index in [1.165, 1.54) is 0 Å². The van der Waals surface area contributed by atoms with E-state index in [2.05, 4.69) is 5.10 Å². The number of carboxylic acid groups (broad SMARTS) is 1. The molecule has 122 valence electrons. The number of rotatable bonds is 5. The molecule has 0 aliphatic rings. The highest BCUT2D eigenvalue weighted by Gasteiger charge is 2.16. The van der Waals surface area contributed by atoms with Crippen LogP contribution in [0.2, 0.25) is 0 Å². The minimum absolute atomic E-state index is 0.00904. The number of hydrogen-bond acceptors (Lipinski definition) is 4. The fourth-order valence-corrected chi connectivity index (χ4v) is 2.78. The number of aromatic carboxylic acids is 1. The lowest BCUT2D eigenvalue weighted by molar-refractivity contribution is 0.0690. The van der Waals surface area contributed by atoms with E-state index in [9.17, 15) is 9.90 Å². The van der Waals surface area contributed by atoms with Gasteiger partial charge in [0, 0.05) is 10.5 Å². The van der Waals surface area contributed by atoms with Gasteiger partial charge in [-0.3, -0.25) is 0 Å². The van der Waals surface area contributed by atoms with E-state index >= 15 is 0 Å². The zero-order chi connectivity index (χ0) is 17.1. The molecule has 1 heterocycles. The lowest BCUT2D eigenvalue weighted by Crippen LogP contribution is -2.02. The number of carboxylic acids is 1. The van der Waals surface area contributed by atoms with Gasteiger partial charge in [-0.05, 0) is 48.7 Å². The van der Waals surface area contributed by atoms with Crippen LogP contribution in [-0.2, 0) is 0 Å². The van der Waals surface area contributed by atoms with Crippen molar-refractivity contribution in [3.8, 4) is 22.7 Å². The van der Waals surface area contributed by atoms with E-state index in [1.807, 2.05) is 54.8 Å². The highest BCUT2D eigenvalue weighted by molar-refractivity contribution is 7.98. The van der Waals surface area contributed by atoms with Crippen LogP contribution in [0.25, 0.3) is 16.9 Å². The summed E-state index contributed by atoms with van der Waals surface area (Å²) in [4.78, 5) is 12.5. The Morgan fingerprint density at radius 3 is 2.33 bits per heavy atom. The predicted molar refractivity (Wildman–Crippen MR) is 94.3 cm³/mol. The van der Waals surface area contributed by atoms with Crippen LogP contribution in [0, 0.1) is 0 Å². The molecule has 0 spiro atoms. The minimum Gasteiger partial charge on any atom is -0.497 e. The van der Waals surface area contributed by atoms with E-state index < -0.39 is 5.97 Å². The molecule has 0 aliphatic heterocycles. The number of thioether (sulfide) groups is 1. The Morgan fingerprint density at radius 1 is 1.12 bits per heavy atom. The summed E-state index contributed by atoms with van der Waals surface area (Å²) in [6, 6.07) is 16.9. The lowest BCUT2D eigenvalue weighted by atomic mass is 10.1. The van der Waals surface area contributed by atoms with Gasteiger partial charge in [0.15, 0.2) is 5.69 Å². The molecule has 0 radical (unpaired) electrons. The SMILES string of the molecule is COc1ccc(-n2nc(C(=O)O)cc2-c2ccc(SC)cc2)cc1. The summed E-state index contributed by atoms with van der Waals surface area (Å²) in [5, 5.41) is 13.5. The highest BCUT2D eigenvalue weighted by atomic mass is 32.2. The second kappa shape index (κ2) is 6.80. The molecule has 6 heteroatoms. The molecule has 0 amide bonds. The molecule has 3 aromatic rings. The van der Waals surface area contributed by atoms with Gasteiger partial charge in [0.1, 0.15) is 5.75 Å². The third-order valence-electron chi connectivity index (χ3n) is 3.63. The summed E-state index contributed by atoms with van der Waals surface area (Å²) in [7, 11) is 1.60. The van der Waals surface area contributed by atoms with Crippen LogP contribution in [0.5, 0.6) is 5.75 Å². The van der Waals surface area contributed by atoms with E-state index in [0.717, 1.165) is 27.6 Å². The van der Waals surface area contributed by atoms with Crippen molar-refractivity contribution in [1.29, 1.82) is 0 Å². The predicted octanol–water partition coefficient (Wildman–Crippen LogP) is 3.97.